The largest absolute Gasteiger partial charge is 0.480 e. The number of ether oxygens (including phenoxy) is 2. The number of morpholine rings is 1. The lowest BCUT2D eigenvalue weighted by molar-refractivity contribution is -0.142. The summed E-state index contributed by atoms with van der Waals surface area (Å²) in [5.41, 5.74) is 0. The number of methoxy groups -OCH3 is 1. The van der Waals surface area contributed by atoms with Gasteiger partial charge in [-0.15, -0.1) is 0 Å². The summed E-state index contributed by atoms with van der Waals surface area (Å²) in [7, 11) is 1.49. The predicted octanol–water partition coefficient (Wildman–Crippen LogP) is -1.03. The monoisotopic (exact) mass is 260 g/mol. The number of carbonyl (C=O) groups is 2. The minimum Gasteiger partial charge on any atom is -0.480 e. The Kier molecular flexibility index (Phi) is 6.63. The van der Waals surface area contributed by atoms with Crippen LogP contribution in [0.2, 0.25) is 0 Å². The second-order valence-corrected chi connectivity index (χ2v) is 4.17. The molecular weight excluding hydrogens is 240 g/mol. The van der Waals surface area contributed by atoms with Crippen LogP contribution in [-0.4, -0.2) is 62.5 Å². The van der Waals surface area contributed by atoms with Crippen LogP contribution in [0.15, 0.2) is 0 Å². The fourth-order valence-corrected chi connectivity index (χ4v) is 1.72. The molecular formula is C11H20N2O5. The van der Waals surface area contributed by atoms with Crippen molar-refractivity contribution < 1.29 is 24.2 Å². The average molecular weight is 260 g/mol. The molecule has 0 saturated carbocycles. The first kappa shape index (κ1) is 14.9. The fraction of sp³-hybridized carbons (Fsp3) is 0.818. The molecule has 1 aliphatic rings. The maximum absolute atomic E-state index is 11.7. The first-order valence-corrected chi connectivity index (χ1v) is 5.95. The van der Waals surface area contributed by atoms with E-state index in [-0.39, 0.29) is 24.8 Å². The number of aliphatic carboxylic acids is 1. The number of hydrogen-bond acceptors (Lipinski definition) is 5. The highest BCUT2D eigenvalue weighted by molar-refractivity contribution is 5.83. The Hall–Kier alpha value is -1.18. The van der Waals surface area contributed by atoms with Crippen LogP contribution in [0.1, 0.15) is 12.8 Å². The third-order valence-electron chi connectivity index (χ3n) is 2.67. The maximum atomic E-state index is 11.7. The molecule has 1 saturated heterocycles. The minimum absolute atomic E-state index is 0.0457. The van der Waals surface area contributed by atoms with Gasteiger partial charge in [-0.25, -0.2) is 4.79 Å². The molecule has 1 rings (SSSR count). The number of carboxylic acids is 1. The van der Waals surface area contributed by atoms with Gasteiger partial charge in [0, 0.05) is 39.1 Å². The van der Waals surface area contributed by atoms with Crippen molar-refractivity contribution in [1.29, 1.82) is 0 Å². The molecule has 104 valence electrons. The van der Waals surface area contributed by atoms with Gasteiger partial charge in [-0.2, -0.15) is 0 Å². The Bertz CT molecular complexity index is 279. The number of nitrogens with one attached hydrogen (secondary N) is 2. The topological polar surface area (TPSA) is 96.9 Å². The molecule has 0 aromatic heterocycles. The Labute approximate surface area is 106 Å². The van der Waals surface area contributed by atoms with Gasteiger partial charge in [-0.3, -0.25) is 4.79 Å². The van der Waals surface area contributed by atoms with E-state index in [1.807, 2.05) is 0 Å². The van der Waals surface area contributed by atoms with Gasteiger partial charge in [0.1, 0.15) is 6.04 Å². The smallest absolute Gasteiger partial charge is 0.326 e. The molecule has 0 spiro atoms. The standard InChI is InChI=1S/C11H20N2O5/c1-17-4-2-9(11(15)16)13-10(14)6-8-7-18-5-3-12-8/h8-9,12H,2-7H2,1H3,(H,13,14)(H,15,16). The highest BCUT2D eigenvalue weighted by Gasteiger charge is 2.22. The first-order valence-electron chi connectivity index (χ1n) is 5.95. The van der Waals surface area contributed by atoms with Crippen LogP contribution < -0.4 is 10.6 Å². The second kappa shape index (κ2) is 8.02. The molecule has 7 heteroatoms. The molecule has 1 fully saturated rings. The van der Waals surface area contributed by atoms with Crippen molar-refractivity contribution in [2.45, 2.75) is 24.9 Å². The third-order valence-corrected chi connectivity index (χ3v) is 2.67. The predicted molar refractivity (Wildman–Crippen MR) is 63.3 cm³/mol. The van der Waals surface area contributed by atoms with Crippen LogP contribution in [0.3, 0.4) is 0 Å². The summed E-state index contributed by atoms with van der Waals surface area (Å²) in [4.78, 5) is 22.6. The molecule has 0 bridgehead atoms. The highest BCUT2D eigenvalue weighted by atomic mass is 16.5. The molecule has 0 aliphatic carbocycles. The quantitative estimate of drug-likeness (QED) is 0.541. The van der Waals surface area contributed by atoms with Crippen LogP contribution in [0.4, 0.5) is 0 Å². The molecule has 7 nitrogen and oxygen atoms in total. The summed E-state index contributed by atoms with van der Waals surface area (Å²) in [6, 6.07) is -0.947. The summed E-state index contributed by atoms with van der Waals surface area (Å²) in [5.74, 6) is -1.34. The average Bonchev–Trinajstić information content (AvgIpc) is 2.35. The lowest BCUT2D eigenvalue weighted by atomic mass is 10.1. The zero-order valence-corrected chi connectivity index (χ0v) is 10.5. The van der Waals surface area contributed by atoms with E-state index in [1.165, 1.54) is 7.11 Å². The highest BCUT2D eigenvalue weighted by Crippen LogP contribution is 2.00. The number of hydrogen-bond donors (Lipinski definition) is 3. The molecule has 1 aliphatic heterocycles. The fourth-order valence-electron chi connectivity index (χ4n) is 1.72. The van der Waals surface area contributed by atoms with E-state index in [9.17, 15) is 9.59 Å². The lowest BCUT2D eigenvalue weighted by Gasteiger charge is -2.24. The van der Waals surface area contributed by atoms with Gasteiger partial charge in [0.05, 0.1) is 13.2 Å². The maximum Gasteiger partial charge on any atom is 0.326 e. The lowest BCUT2D eigenvalue weighted by Crippen LogP contribution is -2.47. The molecule has 2 atom stereocenters. The molecule has 1 amide bonds. The van der Waals surface area contributed by atoms with E-state index >= 15 is 0 Å². The van der Waals surface area contributed by atoms with Crippen molar-refractivity contribution >= 4 is 11.9 Å². The van der Waals surface area contributed by atoms with Crippen molar-refractivity contribution in [3.63, 3.8) is 0 Å². The summed E-state index contributed by atoms with van der Waals surface area (Å²) in [6.45, 7) is 2.12. The van der Waals surface area contributed by atoms with Crippen LogP contribution >= 0.6 is 0 Å². The minimum atomic E-state index is -1.05. The van der Waals surface area contributed by atoms with Crippen LogP contribution in [-0.2, 0) is 19.1 Å². The Morgan fingerprint density at radius 1 is 1.61 bits per heavy atom. The normalized spacial score (nSPS) is 21.3. The second-order valence-electron chi connectivity index (χ2n) is 4.17. The van der Waals surface area contributed by atoms with Gasteiger partial charge < -0.3 is 25.2 Å². The number of amides is 1. The third kappa shape index (κ3) is 5.44. The zero-order valence-electron chi connectivity index (χ0n) is 10.5. The molecule has 2 unspecified atom stereocenters. The SMILES string of the molecule is COCCC(NC(=O)CC1COCCN1)C(=O)O. The van der Waals surface area contributed by atoms with Crippen LogP contribution in [0.5, 0.6) is 0 Å². The van der Waals surface area contributed by atoms with E-state index in [2.05, 4.69) is 10.6 Å². The number of carbonyl (C=O) groups excluding carboxylic acids is 1. The van der Waals surface area contributed by atoms with Crippen molar-refractivity contribution in [1.82, 2.24) is 10.6 Å². The summed E-state index contributed by atoms with van der Waals surface area (Å²) < 4.78 is 10.0. The summed E-state index contributed by atoms with van der Waals surface area (Å²) in [6.07, 6.45) is 0.475. The van der Waals surface area contributed by atoms with Gasteiger partial charge >= 0.3 is 5.97 Å². The van der Waals surface area contributed by atoms with E-state index in [4.69, 9.17) is 14.6 Å². The molecule has 3 N–H and O–H groups in total. The molecule has 0 aromatic rings. The number of carboxylic acid groups (broad SMARTS) is 1. The van der Waals surface area contributed by atoms with Crippen molar-refractivity contribution in [2.75, 3.05) is 33.5 Å². The van der Waals surface area contributed by atoms with Gasteiger partial charge in [-0.05, 0) is 0 Å². The van der Waals surface area contributed by atoms with E-state index in [0.29, 0.717) is 26.4 Å². The van der Waals surface area contributed by atoms with E-state index < -0.39 is 12.0 Å². The van der Waals surface area contributed by atoms with Crippen molar-refractivity contribution in [2.24, 2.45) is 0 Å². The Morgan fingerprint density at radius 2 is 2.39 bits per heavy atom. The van der Waals surface area contributed by atoms with Gasteiger partial charge in [-0.1, -0.05) is 0 Å². The van der Waals surface area contributed by atoms with Gasteiger partial charge in [0.2, 0.25) is 5.91 Å². The summed E-state index contributed by atoms with van der Waals surface area (Å²) >= 11 is 0. The molecule has 1 heterocycles. The Morgan fingerprint density at radius 3 is 2.94 bits per heavy atom. The van der Waals surface area contributed by atoms with E-state index in [0.717, 1.165) is 0 Å². The van der Waals surface area contributed by atoms with Crippen LogP contribution in [0, 0.1) is 0 Å². The van der Waals surface area contributed by atoms with Gasteiger partial charge in [0.15, 0.2) is 0 Å². The van der Waals surface area contributed by atoms with E-state index in [1.54, 1.807) is 0 Å². The van der Waals surface area contributed by atoms with Crippen molar-refractivity contribution in [3.8, 4) is 0 Å². The Balaban J connectivity index is 2.32. The molecule has 0 aromatic carbocycles. The summed E-state index contributed by atoms with van der Waals surface area (Å²) in [5, 5.41) is 14.6. The van der Waals surface area contributed by atoms with Gasteiger partial charge in [0.25, 0.3) is 0 Å². The number of rotatable bonds is 7. The zero-order chi connectivity index (χ0) is 13.4. The van der Waals surface area contributed by atoms with Crippen LogP contribution in [0.25, 0.3) is 0 Å². The first-order chi connectivity index (χ1) is 8.63. The molecule has 0 radical (unpaired) electrons. The molecule has 18 heavy (non-hydrogen) atoms. The van der Waals surface area contributed by atoms with Crippen molar-refractivity contribution in [3.05, 3.63) is 0 Å².